The molecule has 11 heteroatoms. The van der Waals surface area contributed by atoms with Gasteiger partial charge in [-0.1, -0.05) is 20.8 Å². The summed E-state index contributed by atoms with van der Waals surface area (Å²) >= 11 is 2.48. The summed E-state index contributed by atoms with van der Waals surface area (Å²) in [7, 11) is 1.57. The number of anilines is 1. The van der Waals surface area contributed by atoms with Crippen LogP contribution in [0.2, 0.25) is 0 Å². The van der Waals surface area contributed by atoms with Crippen LogP contribution in [0.5, 0.6) is 11.7 Å². The highest BCUT2D eigenvalue weighted by Gasteiger charge is 2.35. The van der Waals surface area contributed by atoms with E-state index in [9.17, 15) is 14.7 Å². The van der Waals surface area contributed by atoms with Crippen LogP contribution in [0, 0.1) is 11.3 Å². The van der Waals surface area contributed by atoms with Crippen molar-refractivity contribution in [2.75, 3.05) is 19.0 Å². The first kappa shape index (κ1) is 28.0. The smallest absolute Gasteiger partial charge is 0.341 e. The van der Waals surface area contributed by atoms with Crippen molar-refractivity contribution < 1.29 is 33.4 Å². The van der Waals surface area contributed by atoms with Crippen molar-refractivity contribution in [3.05, 3.63) is 40.3 Å². The Balaban J connectivity index is 1.56. The number of thiophene rings is 1. The van der Waals surface area contributed by atoms with E-state index in [1.54, 1.807) is 45.2 Å². The number of fused-ring (bicyclic) bond motifs is 1. The molecule has 0 bridgehead atoms. The van der Waals surface area contributed by atoms with Gasteiger partial charge in [0.25, 0.3) is 5.03 Å². The Bertz CT molecular complexity index is 1310. The molecule has 2 unspecified atom stereocenters. The summed E-state index contributed by atoms with van der Waals surface area (Å²) in [6.45, 7) is 10.4. The lowest BCUT2D eigenvalue weighted by molar-refractivity contribution is -0.705. The first-order valence-electron chi connectivity index (χ1n) is 12.6. The average Bonchev–Trinajstić information content (AvgIpc) is 3.42. The fraction of sp³-hybridized carbons (Fsp3) is 0.481. The zero-order valence-corrected chi connectivity index (χ0v) is 24.1. The molecule has 1 amide bonds. The van der Waals surface area contributed by atoms with Gasteiger partial charge < -0.3 is 24.4 Å². The number of rotatable bonds is 8. The third-order valence-corrected chi connectivity index (χ3v) is 9.05. The standard InChI is InChI=1S/C27H33N3O6S2/c1-7-35-25(32)21-19-13-8-16(27(3,4)5)14-20(19)38-23(21)28-22(31)15(2)37-24-26(33)36-29-30(24)17-9-11-18(34-6)12-10-17/h9-12,15-16H,7-8,13-14H2,1-6H3,(H-,28,29,31,32,33). The molecule has 2 heterocycles. The largest absolute Gasteiger partial charge is 0.538 e. The fourth-order valence-electron chi connectivity index (χ4n) is 4.49. The first-order valence-corrected chi connectivity index (χ1v) is 14.3. The van der Waals surface area contributed by atoms with E-state index in [-0.39, 0.29) is 23.0 Å². The molecule has 38 heavy (non-hydrogen) atoms. The molecule has 4 rings (SSSR count). The maximum atomic E-state index is 13.3. The van der Waals surface area contributed by atoms with E-state index in [1.165, 1.54) is 16.0 Å². The molecule has 3 aromatic rings. The number of hydrogen-bond acceptors (Lipinski definition) is 9. The molecule has 9 nitrogen and oxygen atoms in total. The number of hydrogen-bond donors (Lipinski definition) is 1. The predicted octanol–water partition coefficient (Wildman–Crippen LogP) is 4.54. The second kappa shape index (κ2) is 11.4. The van der Waals surface area contributed by atoms with Gasteiger partial charge in [0.05, 0.1) is 29.8 Å². The molecule has 0 aliphatic heterocycles. The van der Waals surface area contributed by atoms with Crippen LogP contribution in [0.3, 0.4) is 0 Å². The SMILES string of the molecule is CCOC(=O)c1c(NC(=O)C(C)Sc2c([O-])on[n+]2-c2ccc(OC)cc2)sc2c1CCC(C(C)(C)C)C2. The van der Waals surface area contributed by atoms with Crippen LogP contribution in [-0.4, -0.2) is 36.1 Å². The molecular formula is C27H33N3O6S2. The summed E-state index contributed by atoms with van der Waals surface area (Å²) in [5.74, 6) is -0.259. The molecule has 0 fully saturated rings. The Kier molecular flexibility index (Phi) is 8.37. The van der Waals surface area contributed by atoms with Crippen molar-refractivity contribution in [1.29, 1.82) is 0 Å². The van der Waals surface area contributed by atoms with Gasteiger partial charge in [-0.2, -0.15) is 0 Å². The molecule has 1 aliphatic carbocycles. The highest BCUT2D eigenvalue weighted by molar-refractivity contribution is 8.00. The van der Waals surface area contributed by atoms with E-state index in [2.05, 4.69) is 31.4 Å². The Morgan fingerprint density at radius 1 is 1.32 bits per heavy atom. The molecule has 2 aromatic heterocycles. The average molecular weight is 560 g/mol. The van der Waals surface area contributed by atoms with Crippen LogP contribution in [0.15, 0.2) is 33.8 Å². The van der Waals surface area contributed by atoms with E-state index in [0.717, 1.165) is 41.5 Å². The first-order chi connectivity index (χ1) is 18.0. The molecule has 204 valence electrons. The molecule has 1 aliphatic rings. The Morgan fingerprint density at radius 3 is 2.66 bits per heavy atom. The number of amides is 1. The lowest BCUT2D eigenvalue weighted by Crippen LogP contribution is -2.36. The van der Waals surface area contributed by atoms with Crippen molar-refractivity contribution in [3.63, 3.8) is 0 Å². The normalized spacial score (nSPS) is 16.0. The number of carbonyl (C=O) groups excluding carboxylic acids is 2. The number of aromatic nitrogens is 2. The lowest BCUT2D eigenvalue weighted by Gasteiger charge is -2.33. The molecule has 2 atom stereocenters. The van der Waals surface area contributed by atoms with E-state index in [4.69, 9.17) is 14.0 Å². The van der Waals surface area contributed by atoms with E-state index in [1.807, 2.05) is 0 Å². The second-order valence-corrected chi connectivity index (χ2v) is 12.7. The predicted molar refractivity (Wildman–Crippen MR) is 143 cm³/mol. The second-order valence-electron chi connectivity index (χ2n) is 10.3. The number of nitrogens with one attached hydrogen (secondary N) is 1. The third kappa shape index (κ3) is 5.83. The van der Waals surface area contributed by atoms with Gasteiger partial charge in [-0.15, -0.1) is 11.3 Å². The Morgan fingerprint density at radius 2 is 2.03 bits per heavy atom. The quantitative estimate of drug-likeness (QED) is 0.243. The van der Waals surface area contributed by atoms with E-state index >= 15 is 0 Å². The highest BCUT2D eigenvalue weighted by Crippen LogP contribution is 2.44. The Hall–Kier alpha value is -3.05. The van der Waals surface area contributed by atoms with Gasteiger partial charge >= 0.3 is 5.97 Å². The summed E-state index contributed by atoms with van der Waals surface area (Å²) in [6.07, 6.45) is 2.60. The zero-order chi connectivity index (χ0) is 27.6. The molecular weight excluding hydrogens is 526 g/mol. The number of ether oxygens (including phenoxy) is 2. The number of thioether (sulfide) groups is 1. The van der Waals surface area contributed by atoms with Crippen LogP contribution in [0.25, 0.3) is 5.69 Å². The maximum absolute atomic E-state index is 13.3. The summed E-state index contributed by atoms with van der Waals surface area (Å²) in [5.41, 5.74) is 2.17. The topological polar surface area (TPSA) is 118 Å². The lowest BCUT2D eigenvalue weighted by atomic mass is 9.72. The minimum absolute atomic E-state index is 0.147. The van der Waals surface area contributed by atoms with Crippen molar-refractivity contribution in [1.82, 2.24) is 5.27 Å². The maximum Gasteiger partial charge on any atom is 0.341 e. The third-order valence-electron chi connectivity index (χ3n) is 6.75. The minimum Gasteiger partial charge on any atom is -0.538 e. The van der Waals surface area contributed by atoms with Gasteiger partial charge in [-0.05, 0) is 78.6 Å². The number of carbonyl (C=O) groups is 2. The van der Waals surface area contributed by atoms with Crippen molar-refractivity contribution in [3.8, 4) is 17.4 Å². The van der Waals surface area contributed by atoms with Gasteiger partial charge in [-0.25, -0.2) is 4.79 Å². The summed E-state index contributed by atoms with van der Waals surface area (Å²) < 4.78 is 16.8. The zero-order valence-electron chi connectivity index (χ0n) is 22.5. The van der Waals surface area contributed by atoms with Gasteiger partial charge in [0, 0.05) is 17.0 Å². The number of nitrogens with zero attached hydrogens (tertiary/aromatic N) is 2. The van der Waals surface area contributed by atoms with Crippen LogP contribution >= 0.6 is 23.1 Å². The summed E-state index contributed by atoms with van der Waals surface area (Å²) in [6, 6.07) is 6.96. The number of benzene rings is 1. The van der Waals surface area contributed by atoms with Gasteiger partial charge in [0.15, 0.2) is 5.95 Å². The molecule has 0 spiro atoms. The molecule has 0 saturated heterocycles. The van der Waals surface area contributed by atoms with Gasteiger partial charge in [0.2, 0.25) is 11.6 Å². The number of methoxy groups -OCH3 is 1. The van der Waals surface area contributed by atoms with E-state index < -0.39 is 17.2 Å². The van der Waals surface area contributed by atoms with Gasteiger partial charge in [-0.3, -0.25) is 4.79 Å². The van der Waals surface area contributed by atoms with Crippen LogP contribution in [-0.2, 0) is 22.4 Å². The molecule has 1 aromatic carbocycles. The van der Waals surface area contributed by atoms with Gasteiger partial charge in [0.1, 0.15) is 10.8 Å². The van der Waals surface area contributed by atoms with Crippen molar-refractivity contribution in [2.45, 2.75) is 64.2 Å². The number of esters is 1. The fourth-order valence-corrected chi connectivity index (χ4v) is 6.68. The summed E-state index contributed by atoms with van der Waals surface area (Å²) in [5, 5.41) is 19.2. The van der Waals surface area contributed by atoms with Crippen LogP contribution in [0.4, 0.5) is 5.00 Å². The van der Waals surface area contributed by atoms with Crippen molar-refractivity contribution in [2.24, 2.45) is 11.3 Å². The van der Waals surface area contributed by atoms with E-state index in [0.29, 0.717) is 27.9 Å². The molecule has 0 radical (unpaired) electrons. The Labute approximate surface area is 230 Å². The highest BCUT2D eigenvalue weighted by atomic mass is 32.2. The van der Waals surface area contributed by atoms with Crippen LogP contribution in [0.1, 0.15) is 61.8 Å². The van der Waals surface area contributed by atoms with Crippen LogP contribution < -0.4 is 19.8 Å². The monoisotopic (exact) mass is 559 g/mol. The van der Waals surface area contributed by atoms with Crippen molar-refractivity contribution >= 4 is 40.0 Å². The minimum atomic E-state index is -0.678. The summed E-state index contributed by atoms with van der Waals surface area (Å²) in [4.78, 5) is 27.3. The molecule has 0 saturated carbocycles. The molecule has 1 N–H and O–H groups in total.